The van der Waals surface area contributed by atoms with Crippen molar-refractivity contribution in [1.29, 1.82) is 0 Å². The summed E-state index contributed by atoms with van der Waals surface area (Å²) < 4.78 is 0. The van der Waals surface area contributed by atoms with Gasteiger partial charge in [-0.05, 0) is 6.20 Å². The summed E-state index contributed by atoms with van der Waals surface area (Å²) in [5.41, 5.74) is 9.92. The van der Waals surface area contributed by atoms with E-state index in [1.165, 1.54) is 13.1 Å². The molecule has 0 aromatic heterocycles. The molecule has 0 saturated heterocycles. The molecule has 6 heteroatoms. The van der Waals surface area contributed by atoms with Crippen molar-refractivity contribution in [2.75, 3.05) is 0 Å². The van der Waals surface area contributed by atoms with Crippen LogP contribution in [0.25, 0.3) is 0 Å². The second kappa shape index (κ2) is 4.81. The number of primary amides is 1. The summed E-state index contributed by atoms with van der Waals surface area (Å²) in [6, 6.07) is 0. The Hall–Kier alpha value is -1.98. The van der Waals surface area contributed by atoms with E-state index in [0.717, 1.165) is 0 Å². The van der Waals surface area contributed by atoms with Gasteiger partial charge >= 0.3 is 0 Å². The maximum absolute atomic E-state index is 10.6. The summed E-state index contributed by atoms with van der Waals surface area (Å²) in [5, 5.41) is 4.78. The zero-order chi connectivity index (χ0) is 10.4. The van der Waals surface area contributed by atoms with Gasteiger partial charge in [-0.25, -0.2) is 0 Å². The van der Waals surface area contributed by atoms with E-state index in [1.54, 1.807) is 0 Å². The highest BCUT2D eigenvalue weighted by Gasteiger charge is 2.08. The van der Waals surface area contributed by atoms with E-state index >= 15 is 0 Å². The number of hydrogen-bond donors (Lipinski definition) is 4. The van der Waals surface area contributed by atoms with Crippen LogP contribution in [0, 0.1) is 0 Å². The van der Waals surface area contributed by atoms with Crippen LogP contribution < -0.4 is 22.1 Å². The highest BCUT2D eigenvalue weighted by Crippen LogP contribution is 1.89. The summed E-state index contributed by atoms with van der Waals surface area (Å²) >= 11 is 0. The second-order valence-corrected chi connectivity index (χ2v) is 2.18. The molecule has 72 valence electrons. The number of carbonyl (C=O) groups is 2. The highest BCUT2D eigenvalue weighted by molar-refractivity contribution is 5.92. The number of nitrogens with two attached hydrogens (primary N) is 2. The first-order valence-electron chi connectivity index (χ1n) is 3.43. The van der Waals surface area contributed by atoms with Gasteiger partial charge in [-0.15, -0.1) is 0 Å². The van der Waals surface area contributed by atoms with Crippen molar-refractivity contribution in [3.8, 4) is 0 Å². The average molecular weight is 184 g/mol. The fourth-order valence-electron chi connectivity index (χ4n) is 0.582. The summed E-state index contributed by atoms with van der Waals surface area (Å²) in [6.45, 7) is 4.62. The molecule has 0 aromatic rings. The maximum atomic E-state index is 10.6. The van der Waals surface area contributed by atoms with Gasteiger partial charge in [0.2, 0.25) is 5.91 Å². The number of rotatable bonds is 4. The van der Waals surface area contributed by atoms with E-state index in [-0.39, 0.29) is 17.4 Å². The Labute approximate surface area is 75.7 Å². The zero-order valence-corrected chi connectivity index (χ0v) is 7.26. The molecule has 0 spiro atoms. The minimum Gasteiger partial charge on any atom is -0.391 e. The van der Waals surface area contributed by atoms with E-state index in [4.69, 9.17) is 11.5 Å². The third-order valence-electron chi connectivity index (χ3n) is 1.08. The fourth-order valence-corrected chi connectivity index (χ4v) is 0.582. The Bertz CT molecular complexity index is 270. The van der Waals surface area contributed by atoms with Gasteiger partial charge in [0.15, 0.2) is 0 Å². The van der Waals surface area contributed by atoms with Crippen LogP contribution in [0.4, 0.5) is 0 Å². The van der Waals surface area contributed by atoms with E-state index in [2.05, 4.69) is 17.2 Å². The van der Waals surface area contributed by atoms with Crippen molar-refractivity contribution in [3.63, 3.8) is 0 Å². The quantitative estimate of drug-likeness (QED) is 0.397. The number of hydrogen-bond acceptors (Lipinski definition) is 4. The first kappa shape index (κ1) is 11.0. The summed E-state index contributed by atoms with van der Waals surface area (Å²) in [7, 11) is 0. The first-order valence-corrected chi connectivity index (χ1v) is 3.43. The summed E-state index contributed by atoms with van der Waals surface area (Å²) in [5.74, 6) is -1.15. The van der Waals surface area contributed by atoms with E-state index in [9.17, 15) is 9.59 Å². The molecule has 0 rings (SSSR count). The van der Waals surface area contributed by atoms with Crippen LogP contribution in [0.5, 0.6) is 0 Å². The van der Waals surface area contributed by atoms with Gasteiger partial charge in [0.1, 0.15) is 11.5 Å². The Balaban J connectivity index is 4.75. The predicted octanol–water partition coefficient (Wildman–Crippen LogP) is -1.53. The molecule has 0 saturated carbocycles. The van der Waals surface area contributed by atoms with Gasteiger partial charge in [0, 0.05) is 6.92 Å². The van der Waals surface area contributed by atoms with Gasteiger partial charge < -0.3 is 22.1 Å². The predicted molar refractivity (Wildman–Crippen MR) is 47.6 cm³/mol. The molecule has 0 radical (unpaired) electrons. The molecule has 0 atom stereocenters. The van der Waals surface area contributed by atoms with Crippen molar-refractivity contribution < 1.29 is 9.59 Å². The highest BCUT2D eigenvalue weighted by atomic mass is 16.2. The van der Waals surface area contributed by atoms with Crippen LogP contribution in [0.1, 0.15) is 6.92 Å². The molecule has 0 bridgehead atoms. The lowest BCUT2D eigenvalue weighted by molar-refractivity contribution is -0.118. The van der Waals surface area contributed by atoms with E-state index < -0.39 is 5.91 Å². The van der Waals surface area contributed by atoms with Crippen molar-refractivity contribution in [2.45, 2.75) is 6.92 Å². The molecule has 6 N–H and O–H groups in total. The molecule has 0 unspecified atom stereocenters. The van der Waals surface area contributed by atoms with Gasteiger partial charge in [-0.2, -0.15) is 0 Å². The molecule has 0 aromatic carbocycles. The van der Waals surface area contributed by atoms with Gasteiger partial charge in [0.25, 0.3) is 5.91 Å². The molecule has 0 fully saturated rings. The van der Waals surface area contributed by atoms with Crippen LogP contribution in [0.2, 0.25) is 0 Å². The fraction of sp³-hybridized carbons (Fsp3) is 0.143. The monoisotopic (exact) mass is 184 g/mol. The van der Waals surface area contributed by atoms with Crippen molar-refractivity contribution in [2.24, 2.45) is 11.5 Å². The number of amides is 2. The van der Waals surface area contributed by atoms with Crippen LogP contribution in [-0.2, 0) is 9.59 Å². The van der Waals surface area contributed by atoms with Crippen LogP contribution in [0.15, 0.2) is 24.3 Å². The Morgan fingerprint density at radius 3 is 2.23 bits per heavy atom. The molecule has 0 aliphatic heterocycles. The smallest absolute Gasteiger partial charge is 0.268 e. The summed E-state index contributed by atoms with van der Waals surface area (Å²) in [6.07, 6.45) is 1.26. The molecule has 13 heavy (non-hydrogen) atoms. The average Bonchev–Trinajstić information content (AvgIpc) is 2.01. The second-order valence-electron chi connectivity index (χ2n) is 2.18. The normalized spacial score (nSPS) is 11.2. The minimum absolute atomic E-state index is 0.0370. The number of nitrogens with one attached hydrogen (secondary N) is 2. The molecular weight excluding hydrogens is 172 g/mol. The molecule has 0 aliphatic carbocycles. The van der Waals surface area contributed by atoms with Crippen LogP contribution in [-0.4, -0.2) is 11.8 Å². The van der Waals surface area contributed by atoms with Gasteiger partial charge in [-0.3, -0.25) is 9.59 Å². The Morgan fingerprint density at radius 2 is 1.92 bits per heavy atom. The number of carbonyl (C=O) groups excluding carboxylic acids is 2. The lowest BCUT2D eigenvalue weighted by Gasteiger charge is -2.09. The summed E-state index contributed by atoms with van der Waals surface area (Å²) in [4.78, 5) is 21.2. The van der Waals surface area contributed by atoms with E-state index in [1.807, 2.05) is 0 Å². The zero-order valence-electron chi connectivity index (χ0n) is 7.26. The van der Waals surface area contributed by atoms with Crippen LogP contribution in [0.3, 0.4) is 0 Å². The van der Waals surface area contributed by atoms with Crippen molar-refractivity contribution >= 4 is 11.8 Å². The van der Waals surface area contributed by atoms with Gasteiger partial charge in [0.05, 0.1) is 0 Å². The van der Waals surface area contributed by atoms with Crippen molar-refractivity contribution in [3.05, 3.63) is 24.3 Å². The third kappa shape index (κ3) is 3.80. The molecular formula is C7H12N4O2. The first-order chi connectivity index (χ1) is 5.99. The standard InChI is InChI=1S/C7H12N4O2/c1-3-10-7(11-4(2)12)5(8)6(9)13/h3,10H,1,8H2,2H3,(H2,9,13)(H,11,12)/b7-5+. The molecule has 0 aliphatic rings. The van der Waals surface area contributed by atoms with E-state index in [0.29, 0.717) is 0 Å². The van der Waals surface area contributed by atoms with Crippen molar-refractivity contribution in [1.82, 2.24) is 10.6 Å². The van der Waals surface area contributed by atoms with Gasteiger partial charge in [-0.1, -0.05) is 6.58 Å². The topological polar surface area (TPSA) is 110 Å². The molecule has 2 amide bonds. The lowest BCUT2D eigenvalue weighted by Crippen LogP contribution is -2.34. The van der Waals surface area contributed by atoms with Crippen LogP contribution >= 0.6 is 0 Å². The molecule has 6 nitrogen and oxygen atoms in total. The Kier molecular flexibility index (Phi) is 4.08. The lowest BCUT2D eigenvalue weighted by atomic mass is 10.4. The largest absolute Gasteiger partial charge is 0.391 e. The Morgan fingerprint density at radius 1 is 1.38 bits per heavy atom. The minimum atomic E-state index is -0.821. The SMILES string of the molecule is C=CN/C(NC(C)=O)=C(\N)C(N)=O. The third-order valence-corrected chi connectivity index (χ3v) is 1.08. The molecule has 0 heterocycles. The maximum Gasteiger partial charge on any atom is 0.268 e.